The molecule has 0 aliphatic rings. The molecule has 0 aliphatic heterocycles. The van der Waals surface area contributed by atoms with Gasteiger partial charge >= 0.3 is 0 Å². The molecule has 0 amide bonds. The Balaban J connectivity index is 2.58. The Hall–Kier alpha value is -1.06. The Kier molecular flexibility index (Phi) is 6.76. The van der Waals surface area contributed by atoms with Gasteiger partial charge in [0.1, 0.15) is 5.75 Å². The van der Waals surface area contributed by atoms with Gasteiger partial charge in [-0.1, -0.05) is 19.1 Å². The molecule has 0 heterocycles. The lowest BCUT2D eigenvalue weighted by atomic mass is 10.1. The van der Waals surface area contributed by atoms with Gasteiger partial charge in [-0.25, -0.2) is 0 Å². The quantitative estimate of drug-likeness (QED) is 0.770. The number of benzene rings is 1. The molecule has 0 aromatic heterocycles. The minimum atomic E-state index is 0.176. The molecule has 0 saturated heterocycles. The topological polar surface area (TPSA) is 30.5 Å². The highest BCUT2D eigenvalue weighted by Crippen LogP contribution is 2.20. The third-order valence-electron chi connectivity index (χ3n) is 2.93. The lowest BCUT2D eigenvalue weighted by molar-refractivity contribution is 0.135. The summed E-state index contributed by atoms with van der Waals surface area (Å²) in [4.78, 5) is 0. The van der Waals surface area contributed by atoms with Crippen LogP contribution in [-0.2, 0) is 4.74 Å². The highest BCUT2D eigenvalue weighted by molar-refractivity contribution is 5.30. The zero-order chi connectivity index (χ0) is 13.4. The van der Waals surface area contributed by atoms with E-state index in [0.29, 0.717) is 6.04 Å². The molecule has 2 unspecified atom stereocenters. The van der Waals surface area contributed by atoms with Crippen molar-refractivity contribution in [3.05, 3.63) is 29.8 Å². The highest BCUT2D eigenvalue weighted by Gasteiger charge is 2.07. The Morgan fingerprint density at radius 3 is 2.72 bits per heavy atom. The van der Waals surface area contributed by atoms with E-state index in [1.807, 2.05) is 12.1 Å². The molecule has 18 heavy (non-hydrogen) atoms. The monoisotopic (exact) mass is 251 g/mol. The van der Waals surface area contributed by atoms with Crippen LogP contribution in [0.15, 0.2) is 24.3 Å². The third-order valence-corrected chi connectivity index (χ3v) is 2.93. The first-order valence-electron chi connectivity index (χ1n) is 6.66. The Labute approximate surface area is 110 Å². The van der Waals surface area contributed by atoms with Crippen molar-refractivity contribution in [2.45, 2.75) is 39.3 Å². The minimum absolute atomic E-state index is 0.176. The fourth-order valence-corrected chi connectivity index (χ4v) is 1.86. The van der Waals surface area contributed by atoms with Crippen molar-refractivity contribution >= 4 is 0 Å². The summed E-state index contributed by atoms with van der Waals surface area (Å²) in [5.74, 6) is 0.931. The molecule has 0 spiro atoms. The van der Waals surface area contributed by atoms with Gasteiger partial charge in [-0.05, 0) is 38.1 Å². The van der Waals surface area contributed by atoms with Gasteiger partial charge in [0.05, 0.1) is 6.10 Å². The van der Waals surface area contributed by atoms with E-state index in [9.17, 15) is 0 Å². The van der Waals surface area contributed by atoms with Crippen molar-refractivity contribution < 1.29 is 9.47 Å². The number of methoxy groups -OCH3 is 1. The largest absolute Gasteiger partial charge is 0.491 e. The molecule has 0 saturated carbocycles. The average molecular weight is 251 g/mol. The van der Waals surface area contributed by atoms with Gasteiger partial charge in [0.15, 0.2) is 0 Å². The van der Waals surface area contributed by atoms with Gasteiger partial charge in [-0.3, -0.25) is 0 Å². The van der Waals surface area contributed by atoms with Crippen molar-refractivity contribution in [3.63, 3.8) is 0 Å². The zero-order valence-electron chi connectivity index (χ0n) is 11.9. The molecule has 3 nitrogen and oxygen atoms in total. The number of hydrogen-bond acceptors (Lipinski definition) is 3. The Bertz CT molecular complexity index is 341. The molecule has 1 aromatic rings. The summed E-state index contributed by atoms with van der Waals surface area (Å²) in [6, 6.07) is 8.64. The molecule has 0 fully saturated rings. The van der Waals surface area contributed by atoms with E-state index >= 15 is 0 Å². The number of nitrogens with one attached hydrogen (secondary N) is 1. The molecule has 0 bridgehead atoms. The lowest BCUT2D eigenvalue weighted by Crippen LogP contribution is -2.18. The fourth-order valence-electron chi connectivity index (χ4n) is 1.86. The van der Waals surface area contributed by atoms with E-state index in [2.05, 4.69) is 38.2 Å². The summed E-state index contributed by atoms with van der Waals surface area (Å²) in [7, 11) is 1.71. The van der Waals surface area contributed by atoms with Crippen molar-refractivity contribution in [2.75, 3.05) is 20.3 Å². The van der Waals surface area contributed by atoms with Crippen molar-refractivity contribution in [1.29, 1.82) is 0 Å². The first-order valence-corrected chi connectivity index (χ1v) is 6.66. The molecule has 1 rings (SSSR count). The predicted octanol–water partition coefficient (Wildman–Crippen LogP) is 3.16. The van der Waals surface area contributed by atoms with Crippen molar-refractivity contribution in [3.8, 4) is 5.75 Å². The SMILES string of the molecule is CCNC(C)c1cccc(OC(C)CCOC)c1. The van der Waals surface area contributed by atoms with Gasteiger partial charge in [0.25, 0.3) is 0 Å². The van der Waals surface area contributed by atoms with Crippen LogP contribution in [0.2, 0.25) is 0 Å². The summed E-state index contributed by atoms with van der Waals surface area (Å²) in [6.45, 7) is 8.05. The summed E-state index contributed by atoms with van der Waals surface area (Å²) in [6.07, 6.45) is 1.08. The Morgan fingerprint density at radius 2 is 2.06 bits per heavy atom. The number of ether oxygens (including phenoxy) is 2. The second kappa shape index (κ2) is 8.11. The van der Waals surface area contributed by atoms with Crippen LogP contribution >= 0.6 is 0 Å². The molecular formula is C15H25NO2. The van der Waals surface area contributed by atoms with Crippen LogP contribution in [0.3, 0.4) is 0 Å². The maximum absolute atomic E-state index is 5.88. The molecule has 2 atom stereocenters. The van der Waals surface area contributed by atoms with Crippen molar-refractivity contribution in [1.82, 2.24) is 5.32 Å². The molecule has 1 N–H and O–H groups in total. The standard InChI is InChI=1S/C15H25NO2/c1-5-16-13(3)14-7-6-8-15(11-14)18-12(2)9-10-17-4/h6-8,11-13,16H,5,9-10H2,1-4H3. The minimum Gasteiger partial charge on any atom is -0.491 e. The molecule has 0 aliphatic carbocycles. The van der Waals surface area contributed by atoms with Crippen LogP contribution < -0.4 is 10.1 Å². The van der Waals surface area contributed by atoms with Crippen LogP contribution in [0, 0.1) is 0 Å². The van der Waals surface area contributed by atoms with E-state index in [1.54, 1.807) is 7.11 Å². The number of hydrogen-bond donors (Lipinski definition) is 1. The van der Waals surface area contributed by atoms with E-state index in [-0.39, 0.29) is 6.10 Å². The van der Waals surface area contributed by atoms with Crippen molar-refractivity contribution in [2.24, 2.45) is 0 Å². The predicted molar refractivity (Wildman–Crippen MR) is 75.1 cm³/mol. The highest BCUT2D eigenvalue weighted by atomic mass is 16.5. The average Bonchev–Trinajstić information content (AvgIpc) is 2.37. The zero-order valence-corrected chi connectivity index (χ0v) is 11.9. The van der Waals surface area contributed by atoms with Crippen LogP contribution in [0.25, 0.3) is 0 Å². The maximum Gasteiger partial charge on any atom is 0.120 e. The van der Waals surface area contributed by atoms with Gasteiger partial charge in [-0.15, -0.1) is 0 Å². The van der Waals surface area contributed by atoms with Gasteiger partial charge in [0, 0.05) is 26.2 Å². The van der Waals surface area contributed by atoms with E-state index in [0.717, 1.165) is 25.3 Å². The smallest absolute Gasteiger partial charge is 0.120 e. The lowest BCUT2D eigenvalue weighted by Gasteiger charge is -2.17. The van der Waals surface area contributed by atoms with E-state index in [1.165, 1.54) is 5.56 Å². The second-order valence-electron chi connectivity index (χ2n) is 4.56. The van der Waals surface area contributed by atoms with Gasteiger partial charge < -0.3 is 14.8 Å². The van der Waals surface area contributed by atoms with Crippen LogP contribution in [0.4, 0.5) is 0 Å². The van der Waals surface area contributed by atoms with Crippen LogP contribution in [0.1, 0.15) is 38.8 Å². The first kappa shape index (κ1) is 15.0. The summed E-state index contributed by atoms with van der Waals surface area (Å²) >= 11 is 0. The summed E-state index contributed by atoms with van der Waals surface area (Å²) in [5.41, 5.74) is 1.26. The fraction of sp³-hybridized carbons (Fsp3) is 0.600. The summed E-state index contributed by atoms with van der Waals surface area (Å²) in [5, 5.41) is 3.40. The van der Waals surface area contributed by atoms with Gasteiger partial charge in [0.2, 0.25) is 0 Å². The normalized spacial score (nSPS) is 14.2. The van der Waals surface area contributed by atoms with E-state index < -0.39 is 0 Å². The second-order valence-corrected chi connectivity index (χ2v) is 4.56. The van der Waals surface area contributed by atoms with Crippen LogP contribution in [0.5, 0.6) is 5.75 Å². The Morgan fingerprint density at radius 1 is 1.28 bits per heavy atom. The molecule has 0 radical (unpaired) electrons. The molecular weight excluding hydrogens is 226 g/mol. The summed E-state index contributed by atoms with van der Waals surface area (Å²) < 4.78 is 10.9. The maximum atomic E-state index is 5.88. The van der Waals surface area contributed by atoms with Crippen LogP contribution in [-0.4, -0.2) is 26.4 Å². The number of rotatable bonds is 8. The first-order chi connectivity index (χ1) is 8.67. The van der Waals surface area contributed by atoms with Gasteiger partial charge in [-0.2, -0.15) is 0 Å². The molecule has 3 heteroatoms. The van der Waals surface area contributed by atoms with E-state index in [4.69, 9.17) is 9.47 Å². The molecule has 102 valence electrons. The third kappa shape index (κ3) is 5.07. The molecule has 1 aromatic carbocycles.